The maximum absolute atomic E-state index is 9.92. The number of aliphatic hydroxyl groups is 1. The van der Waals surface area contributed by atoms with Crippen molar-refractivity contribution in [1.29, 1.82) is 0 Å². The molecule has 0 fully saturated rings. The first-order valence-corrected chi connectivity index (χ1v) is 4.98. The molecule has 0 amide bonds. The summed E-state index contributed by atoms with van der Waals surface area (Å²) in [4.78, 5) is 5.50. The van der Waals surface area contributed by atoms with Crippen LogP contribution in [0.5, 0.6) is 0 Å². The first kappa shape index (κ1) is 10.7. The maximum atomic E-state index is 9.92. The smallest absolute Gasteiger partial charge is 0.177 e. The molecule has 0 saturated heterocycles. The van der Waals surface area contributed by atoms with Crippen molar-refractivity contribution in [1.82, 2.24) is 25.2 Å². The lowest BCUT2D eigenvalue weighted by Gasteiger charge is -2.07. The second kappa shape index (κ2) is 4.36. The predicted molar refractivity (Wildman–Crippen MR) is 56.4 cm³/mol. The third-order valence-electron chi connectivity index (χ3n) is 2.24. The van der Waals surface area contributed by atoms with E-state index in [1.807, 2.05) is 19.1 Å². The highest BCUT2D eigenvalue weighted by molar-refractivity contribution is 5.16. The fourth-order valence-electron chi connectivity index (χ4n) is 1.37. The molecule has 1 atom stereocenters. The van der Waals surface area contributed by atoms with Gasteiger partial charge in [0, 0.05) is 18.3 Å². The molecular formula is C10H13N5O. The van der Waals surface area contributed by atoms with Crippen LogP contribution in [0, 0.1) is 6.92 Å². The van der Waals surface area contributed by atoms with Crippen LogP contribution in [0.3, 0.4) is 0 Å². The summed E-state index contributed by atoms with van der Waals surface area (Å²) in [5.74, 6) is 0.524. The summed E-state index contributed by atoms with van der Waals surface area (Å²) in [6.07, 6.45) is 1.37. The van der Waals surface area contributed by atoms with E-state index in [9.17, 15) is 5.11 Å². The second-order valence-corrected chi connectivity index (χ2v) is 3.65. The third-order valence-corrected chi connectivity index (χ3v) is 2.24. The van der Waals surface area contributed by atoms with Crippen molar-refractivity contribution >= 4 is 0 Å². The Hall–Kier alpha value is -1.82. The fraction of sp³-hybridized carbons (Fsp3) is 0.400. The van der Waals surface area contributed by atoms with Crippen LogP contribution in [0.15, 0.2) is 18.3 Å². The highest BCUT2D eigenvalue weighted by atomic mass is 16.3. The van der Waals surface area contributed by atoms with Gasteiger partial charge in [-0.1, -0.05) is 6.07 Å². The van der Waals surface area contributed by atoms with E-state index in [4.69, 9.17) is 0 Å². The van der Waals surface area contributed by atoms with Crippen LogP contribution >= 0.6 is 0 Å². The molecule has 0 aliphatic heterocycles. The van der Waals surface area contributed by atoms with Gasteiger partial charge < -0.3 is 5.11 Å². The van der Waals surface area contributed by atoms with Crippen molar-refractivity contribution in [3.8, 4) is 0 Å². The largest absolute Gasteiger partial charge is 0.388 e. The van der Waals surface area contributed by atoms with Gasteiger partial charge in [-0.3, -0.25) is 4.98 Å². The van der Waals surface area contributed by atoms with Gasteiger partial charge in [-0.05, 0) is 23.8 Å². The zero-order chi connectivity index (χ0) is 11.5. The molecule has 0 aliphatic rings. The summed E-state index contributed by atoms with van der Waals surface area (Å²) in [7, 11) is 1.69. The van der Waals surface area contributed by atoms with Gasteiger partial charge >= 0.3 is 0 Å². The van der Waals surface area contributed by atoms with Crippen LogP contribution in [0.1, 0.15) is 23.2 Å². The molecular weight excluding hydrogens is 206 g/mol. The van der Waals surface area contributed by atoms with E-state index in [1.165, 1.54) is 4.80 Å². The van der Waals surface area contributed by atoms with E-state index in [1.54, 1.807) is 13.2 Å². The zero-order valence-corrected chi connectivity index (χ0v) is 9.20. The summed E-state index contributed by atoms with van der Waals surface area (Å²) in [5, 5.41) is 21.5. The molecule has 2 rings (SSSR count). The molecule has 0 saturated carbocycles. The van der Waals surface area contributed by atoms with E-state index in [0.29, 0.717) is 12.2 Å². The number of hydrogen-bond donors (Lipinski definition) is 1. The minimum Gasteiger partial charge on any atom is -0.388 e. The van der Waals surface area contributed by atoms with Crippen molar-refractivity contribution in [2.75, 3.05) is 0 Å². The number of hydrogen-bond acceptors (Lipinski definition) is 5. The molecule has 0 aromatic carbocycles. The zero-order valence-electron chi connectivity index (χ0n) is 9.20. The Kier molecular flexibility index (Phi) is 2.91. The molecule has 6 nitrogen and oxygen atoms in total. The lowest BCUT2D eigenvalue weighted by molar-refractivity contribution is 0.175. The van der Waals surface area contributed by atoms with E-state index in [-0.39, 0.29) is 0 Å². The van der Waals surface area contributed by atoms with Crippen LogP contribution in [-0.4, -0.2) is 30.3 Å². The summed E-state index contributed by atoms with van der Waals surface area (Å²) < 4.78 is 0. The van der Waals surface area contributed by atoms with Gasteiger partial charge in [-0.2, -0.15) is 4.80 Å². The number of aromatic nitrogens is 5. The SMILES string of the molecule is Cc1ccc(C(O)Cc2nnn(C)n2)cn1. The van der Waals surface area contributed by atoms with Crippen molar-refractivity contribution in [3.63, 3.8) is 0 Å². The number of aryl methyl sites for hydroxylation is 2. The molecule has 0 bridgehead atoms. The average molecular weight is 219 g/mol. The van der Waals surface area contributed by atoms with Gasteiger partial charge in [0.15, 0.2) is 5.82 Å². The number of pyridine rings is 1. The normalized spacial score (nSPS) is 12.7. The van der Waals surface area contributed by atoms with Gasteiger partial charge in [0.05, 0.1) is 13.2 Å². The molecule has 2 aromatic heterocycles. The second-order valence-electron chi connectivity index (χ2n) is 3.65. The molecule has 2 aromatic rings. The first-order valence-electron chi connectivity index (χ1n) is 4.98. The molecule has 0 radical (unpaired) electrons. The summed E-state index contributed by atoms with van der Waals surface area (Å²) in [5.41, 5.74) is 1.69. The number of nitrogens with zero attached hydrogens (tertiary/aromatic N) is 5. The van der Waals surface area contributed by atoms with Gasteiger partial charge in [-0.25, -0.2) is 0 Å². The Balaban J connectivity index is 2.08. The minimum absolute atomic E-state index is 0.346. The summed E-state index contributed by atoms with van der Waals surface area (Å²) in [6, 6.07) is 3.71. The number of aliphatic hydroxyl groups excluding tert-OH is 1. The molecule has 1 N–H and O–H groups in total. The first-order chi connectivity index (χ1) is 7.65. The van der Waals surface area contributed by atoms with Crippen LogP contribution < -0.4 is 0 Å². The Labute approximate surface area is 92.9 Å². The predicted octanol–water partition coefficient (Wildman–Crippen LogP) is 0.190. The van der Waals surface area contributed by atoms with Crippen LogP contribution in [0.2, 0.25) is 0 Å². The van der Waals surface area contributed by atoms with Crippen LogP contribution in [-0.2, 0) is 13.5 Å². The molecule has 1 unspecified atom stereocenters. The fourth-order valence-corrected chi connectivity index (χ4v) is 1.37. The summed E-state index contributed by atoms with van der Waals surface area (Å²) >= 11 is 0. The maximum Gasteiger partial charge on any atom is 0.177 e. The third kappa shape index (κ3) is 2.40. The average Bonchev–Trinajstić information content (AvgIpc) is 2.65. The highest BCUT2D eigenvalue weighted by Gasteiger charge is 2.12. The quantitative estimate of drug-likeness (QED) is 0.797. The molecule has 2 heterocycles. The Morgan fingerprint density at radius 1 is 1.44 bits per heavy atom. The van der Waals surface area contributed by atoms with Gasteiger partial charge in [0.25, 0.3) is 0 Å². The summed E-state index contributed by atoms with van der Waals surface area (Å²) in [6.45, 7) is 1.90. The van der Waals surface area contributed by atoms with Crippen LogP contribution in [0.25, 0.3) is 0 Å². The number of tetrazole rings is 1. The highest BCUT2D eigenvalue weighted by Crippen LogP contribution is 2.15. The number of rotatable bonds is 3. The Bertz CT molecular complexity index is 464. The lowest BCUT2D eigenvalue weighted by Crippen LogP contribution is -2.04. The topological polar surface area (TPSA) is 76.7 Å². The van der Waals surface area contributed by atoms with Gasteiger partial charge in [0.1, 0.15) is 0 Å². The van der Waals surface area contributed by atoms with Gasteiger partial charge in [-0.15, -0.1) is 10.2 Å². The molecule has 84 valence electrons. The molecule has 6 heteroatoms. The van der Waals surface area contributed by atoms with E-state index in [2.05, 4.69) is 20.4 Å². The minimum atomic E-state index is -0.641. The lowest BCUT2D eigenvalue weighted by atomic mass is 10.1. The molecule has 16 heavy (non-hydrogen) atoms. The van der Waals surface area contributed by atoms with Crippen molar-refractivity contribution in [2.24, 2.45) is 7.05 Å². The standard InChI is InChI=1S/C10H13N5O/c1-7-3-4-8(6-11-7)9(16)5-10-12-14-15(2)13-10/h3-4,6,9,16H,5H2,1-2H3. The Morgan fingerprint density at radius 3 is 2.81 bits per heavy atom. The Morgan fingerprint density at radius 2 is 2.25 bits per heavy atom. The van der Waals surface area contributed by atoms with Gasteiger partial charge in [0.2, 0.25) is 0 Å². The van der Waals surface area contributed by atoms with Crippen molar-refractivity contribution in [3.05, 3.63) is 35.4 Å². The molecule has 0 spiro atoms. The van der Waals surface area contributed by atoms with E-state index in [0.717, 1.165) is 11.3 Å². The van der Waals surface area contributed by atoms with E-state index < -0.39 is 6.10 Å². The van der Waals surface area contributed by atoms with Crippen molar-refractivity contribution in [2.45, 2.75) is 19.4 Å². The van der Waals surface area contributed by atoms with Crippen molar-refractivity contribution < 1.29 is 5.11 Å². The van der Waals surface area contributed by atoms with E-state index >= 15 is 0 Å². The monoisotopic (exact) mass is 219 g/mol. The molecule has 0 aliphatic carbocycles. The van der Waals surface area contributed by atoms with Crippen LogP contribution in [0.4, 0.5) is 0 Å².